The molecule has 0 saturated heterocycles. The van der Waals surface area contributed by atoms with Gasteiger partial charge in [-0.15, -0.1) is 11.3 Å². The van der Waals surface area contributed by atoms with Crippen LogP contribution in [0.1, 0.15) is 21.6 Å². The highest BCUT2D eigenvalue weighted by Gasteiger charge is 2.35. The standard InChI is InChI=1S/C10H7F3N2OS/c11-10(12,13)9-15-5-7(17-9)8(16)6-1-3-14-4-2-6/h1-5,8,16H. The maximum Gasteiger partial charge on any atom is 0.443 e. The van der Waals surface area contributed by atoms with Crippen molar-refractivity contribution in [3.8, 4) is 0 Å². The van der Waals surface area contributed by atoms with Crippen molar-refractivity contribution in [1.29, 1.82) is 0 Å². The third kappa shape index (κ3) is 2.62. The molecule has 0 saturated carbocycles. The lowest BCUT2D eigenvalue weighted by molar-refractivity contribution is -0.137. The summed E-state index contributed by atoms with van der Waals surface area (Å²) in [7, 11) is 0. The minimum absolute atomic E-state index is 0.156. The van der Waals surface area contributed by atoms with Crippen LogP contribution in [-0.4, -0.2) is 15.1 Å². The molecule has 17 heavy (non-hydrogen) atoms. The second kappa shape index (κ2) is 4.42. The highest BCUT2D eigenvalue weighted by atomic mass is 32.1. The molecule has 1 atom stereocenters. The van der Waals surface area contributed by atoms with Crippen molar-refractivity contribution in [3.05, 3.63) is 46.2 Å². The molecule has 7 heteroatoms. The number of alkyl halides is 3. The number of hydrogen-bond acceptors (Lipinski definition) is 4. The van der Waals surface area contributed by atoms with Gasteiger partial charge in [-0.3, -0.25) is 4.98 Å². The van der Waals surface area contributed by atoms with E-state index in [9.17, 15) is 18.3 Å². The summed E-state index contributed by atoms with van der Waals surface area (Å²) in [5.74, 6) is 0. The quantitative estimate of drug-likeness (QED) is 0.902. The Balaban J connectivity index is 2.27. The molecule has 0 radical (unpaired) electrons. The van der Waals surface area contributed by atoms with Gasteiger partial charge in [0.25, 0.3) is 0 Å². The number of aromatic nitrogens is 2. The van der Waals surface area contributed by atoms with Crippen LogP contribution in [0, 0.1) is 0 Å². The van der Waals surface area contributed by atoms with E-state index in [0.717, 1.165) is 6.20 Å². The average Bonchev–Trinajstić information content (AvgIpc) is 2.78. The molecule has 1 N–H and O–H groups in total. The van der Waals surface area contributed by atoms with E-state index >= 15 is 0 Å². The van der Waals surface area contributed by atoms with Crippen LogP contribution in [0.4, 0.5) is 13.2 Å². The molecule has 2 heterocycles. The lowest BCUT2D eigenvalue weighted by Crippen LogP contribution is -2.03. The molecule has 3 nitrogen and oxygen atoms in total. The van der Waals surface area contributed by atoms with Crippen molar-refractivity contribution in [1.82, 2.24) is 9.97 Å². The fourth-order valence-electron chi connectivity index (χ4n) is 1.25. The summed E-state index contributed by atoms with van der Waals surface area (Å²) in [6.45, 7) is 0. The van der Waals surface area contributed by atoms with Crippen LogP contribution in [-0.2, 0) is 6.18 Å². The molecule has 0 amide bonds. The summed E-state index contributed by atoms with van der Waals surface area (Å²) in [5.41, 5.74) is 0.484. The van der Waals surface area contributed by atoms with E-state index in [1.165, 1.54) is 24.5 Å². The minimum Gasteiger partial charge on any atom is -0.383 e. The number of aliphatic hydroxyl groups excluding tert-OH is 1. The second-order valence-corrected chi connectivity index (χ2v) is 4.31. The molecule has 0 aliphatic rings. The van der Waals surface area contributed by atoms with Crippen LogP contribution in [0.25, 0.3) is 0 Å². The Morgan fingerprint density at radius 1 is 1.24 bits per heavy atom. The first-order valence-electron chi connectivity index (χ1n) is 4.59. The van der Waals surface area contributed by atoms with Crippen molar-refractivity contribution in [3.63, 3.8) is 0 Å². The third-order valence-electron chi connectivity index (χ3n) is 2.06. The number of hydrogen-bond donors (Lipinski definition) is 1. The summed E-state index contributed by atoms with van der Waals surface area (Å²) in [4.78, 5) is 7.17. The summed E-state index contributed by atoms with van der Waals surface area (Å²) < 4.78 is 37.0. The van der Waals surface area contributed by atoms with Gasteiger partial charge in [-0.05, 0) is 17.7 Å². The Labute approximate surface area is 98.6 Å². The van der Waals surface area contributed by atoms with Gasteiger partial charge in [0.1, 0.15) is 6.10 Å². The topological polar surface area (TPSA) is 46.0 Å². The van der Waals surface area contributed by atoms with E-state index in [1.54, 1.807) is 0 Å². The maximum absolute atomic E-state index is 12.3. The molecular weight excluding hydrogens is 253 g/mol. The van der Waals surface area contributed by atoms with Crippen LogP contribution in [0.5, 0.6) is 0 Å². The van der Waals surface area contributed by atoms with Crippen molar-refractivity contribution in [2.75, 3.05) is 0 Å². The molecule has 90 valence electrons. The Hall–Kier alpha value is -1.47. The van der Waals surface area contributed by atoms with Crippen LogP contribution in [0.2, 0.25) is 0 Å². The fraction of sp³-hybridized carbons (Fsp3) is 0.200. The normalized spacial score (nSPS) is 13.6. The van der Waals surface area contributed by atoms with Crippen molar-refractivity contribution in [2.45, 2.75) is 12.3 Å². The first kappa shape index (κ1) is 12.0. The lowest BCUT2D eigenvalue weighted by atomic mass is 10.1. The van der Waals surface area contributed by atoms with Crippen LogP contribution >= 0.6 is 11.3 Å². The van der Waals surface area contributed by atoms with Gasteiger partial charge in [0.2, 0.25) is 0 Å². The Morgan fingerprint density at radius 2 is 1.88 bits per heavy atom. The molecule has 0 aliphatic carbocycles. The monoisotopic (exact) mass is 260 g/mol. The molecule has 2 aromatic heterocycles. The Bertz CT molecular complexity index is 498. The summed E-state index contributed by atoms with van der Waals surface area (Å²) >= 11 is 0.436. The van der Waals surface area contributed by atoms with E-state index in [-0.39, 0.29) is 4.88 Å². The van der Waals surface area contributed by atoms with Gasteiger partial charge in [0, 0.05) is 18.6 Å². The van der Waals surface area contributed by atoms with E-state index in [1.807, 2.05) is 0 Å². The molecule has 2 rings (SSSR count). The predicted octanol–water partition coefficient (Wildman–Crippen LogP) is 2.64. The number of rotatable bonds is 2. The van der Waals surface area contributed by atoms with Crippen LogP contribution in [0.3, 0.4) is 0 Å². The lowest BCUT2D eigenvalue weighted by Gasteiger charge is -2.07. The number of thiazole rings is 1. The van der Waals surface area contributed by atoms with Crippen LogP contribution in [0.15, 0.2) is 30.7 Å². The molecule has 0 spiro atoms. The molecule has 0 aliphatic heterocycles. The van der Waals surface area contributed by atoms with E-state index in [0.29, 0.717) is 16.9 Å². The molecule has 0 bridgehead atoms. The summed E-state index contributed by atoms with van der Waals surface area (Å²) in [6.07, 6.45) is -1.61. The van der Waals surface area contributed by atoms with Gasteiger partial charge < -0.3 is 5.11 Å². The first-order chi connectivity index (χ1) is 7.98. The summed E-state index contributed by atoms with van der Waals surface area (Å²) in [6, 6.07) is 3.08. The summed E-state index contributed by atoms with van der Waals surface area (Å²) in [5, 5.41) is 8.89. The molecule has 0 aromatic carbocycles. The van der Waals surface area contributed by atoms with Crippen LogP contribution < -0.4 is 0 Å². The highest BCUT2D eigenvalue weighted by molar-refractivity contribution is 7.11. The zero-order valence-electron chi connectivity index (χ0n) is 8.35. The Morgan fingerprint density at radius 3 is 2.41 bits per heavy atom. The zero-order valence-corrected chi connectivity index (χ0v) is 9.16. The van der Waals surface area contributed by atoms with Gasteiger partial charge >= 0.3 is 6.18 Å². The van der Waals surface area contributed by atoms with E-state index in [4.69, 9.17) is 0 Å². The number of aliphatic hydroxyl groups is 1. The smallest absolute Gasteiger partial charge is 0.383 e. The highest BCUT2D eigenvalue weighted by Crippen LogP contribution is 2.35. The number of halogens is 3. The molecule has 1 unspecified atom stereocenters. The molecule has 0 fully saturated rings. The van der Waals surface area contributed by atoms with Gasteiger partial charge in [0.15, 0.2) is 5.01 Å². The zero-order chi connectivity index (χ0) is 12.5. The van der Waals surface area contributed by atoms with E-state index in [2.05, 4.69) is 9.97 Å². The number of pyridine rings is 1. The largest absolute Gasteiger partial charge is 0.443 e. The first-order valence-corrected chi connectivity index (χ1v) is 5.41. The van der Waals surface area contributed by atoms with Gasteiger partial charge in [-0.2, -0.15) is 13.2 Å². The number of nitrogens with zero attached hydrogens (tertiary/aromatic N) is 2. The van der Waals surface area contributed by atoms with E-state index < -0.39 is 17.3 Å². The maximum atomic E-state index is 12.3. The van der Waals surface area contributed by atoms with Gasteiger partial charge in [-0.1, -0.05) is 0 Å². The Kier molecular flexibility index (Phi) is 3.12. The van der Waals surface area contributed by atoms with Crippen molar-refractivity contribution in [2.24, 2.45) is 0 Å². The third-order valence-corrected chi connectivity index (χ3v) is 3.15. The fourth-order valence-corrected chi connectivity index (χ4v) is 2.05. The predicted molar refractivity (Wildman–Crippen MR) is 55.4 cm³/mol. The molecule has 2 aromatic rings. The van der Waals surface area contributed by atoms with Gasteiger partial charge in [0.05, 0.1) is 4.88 Å². The SMILES string of the molecule is OC(c1ccncc1)c1cnc(C(F)(F)F)s1. The molecular formula is C10H7F3N2OS. The van der Waals surface area contributed by atoms with Gasteiger partial charge in [-0.25, -0.2) is 4.98 Å². The van der Waals surface area contributed by atoms with Crippen molar-refractivity contribution >= 4 is 11.3 Å². The average molecular weight is 260 g/mol. The second-order valence-electron chi connectivity index (χ2n) is 3.25. The minimum atomic E-state index is -4.47. The van der Waals surface area contributed by atoms with Crippen molar-refractivity contribution < 1.29 is 18.3 Å².